The Hall–Kier alpha value is -1.31. The second-order valence-corrected chi connectivity index (χ2v) is 4.87. The zero-order valence-electron chi connectivity index (χ0n) is 12.1. The summed E-state index contributed by atoms with van der Waals surface area (Å²) in [5.74, 6) is 1.21. The van der Waals surface area contributed by atoms with E-state index in [2.05, 4.69) is 32.2 Å². The molecule has 9 heteroatoms. The number of aromatic nitrogens is 4. The molecule has 0 amide bonds. The van der Waals surface area contributed by atoms with Crippen molar-refractivity contribution in [2.75, 3.05) is 30.3 Å². The molecular formula is C12H21Cl2N7. The minimum Gasteiger partial charge on any atom is -0.368 e. The average molecular weight is 334 g/mol. The lowest BCUT2D eigenvalue weighted by Crippen LogP contribution is -2.51. The van der Waals surface area contributed by atoms with Crippen molar-refractivity contribution in [3.05, 3.63) is 6.20 Å². The highest BCUT2D eigenvalue weighted by Gasteiger charge is 2.25. The molecule has 0 aromatic carbocycles. The number of nitrogens with one attached hydrogen (secondary N) is 1. The minimum atomic E-state index is 0. The van der Waals surface area contributed by atoms with Crippen LogP contribution in [0.2, 0.25) is 0 Å². The topological polar surface area (TPSA) is 84.9 Å². The van der Waals surface area contributed by atoms with Crippen LogP contribution in [0.1, 0.15) is 13.3 Å². The highest BCUT2D eigenvalue weighted by molar-refractivity contribution is 5.88. The Morgan fingerprint density at radius 3 is 2.86 bits per heavy atom. The van der Waals surface area contributed by atoms with Crippen molar-refractivity contribution in [3.63, 3.8) is 0 Å². The summed E-state index contributed by atoms with van der Waals surface area (Å²) in [6.45, 7) is 5.05. The van der Waals surface area contributed by atoms with Gasteiger partial charge in [0.15, 0.2) is 5.65 Å². The maximum atomic E-state index is 5.84. The van der Waals surface area contributed by atoms with Gasteiger partial charge in [0, 0.05) is 32.7 Å². The molecule has 0 saturated carbocycles. The zero-order valence-corrected chi connectivity index (χ0v) is 13.7. The Kier molecular flexibility index (Phi) is 6.00. The summed E-state index contributed by atoms with van der Waals surface area (Å²) in [5.41, 5.74) is 6.63. The lowest BCUT2D eigenvalue weighted by atomic mass is 10.1. The van der Waals surface area contributed by atoms with E-state index in [0.29, 0.717) is 12.0 Å². The van der Waals surface area contributed by atoms with Crippen LogP contribution in [-0.2, 0) is 7.05 Å². The van der Waals surface area contributed by atoms with Crippen molar-refractivity contribution in [1.29, 1.82) is 0 Å². The number of nitrogens with zero attached hydrogens (tertiary/aromatic N) is 5. The SMILES string of the molecule is CC[C@H]1CNCCN1c1nc(N)nc2c1cnn2C.Cl.Cl. The molecule has 118 valence electrons. The average Bonchev–Trinajstić information content (AvgIpc) is 2.79. The van der Waals surface area contributed by atoms with E-state index in [9.17, 15) is 0 Å². The number of halogens is 2. The van der Waals surface area contributed by atoms with Gasteiger partial charge < -0.3 is 16.0 Å². The molecule has 7 nitrogen and oxygen atoms in total. The van der Waals surface area contributed by atoms with Crippen molar-refractivity contribution in [1.82, 2.24) is 25.1 Å². The van der Waals surface area contributed by atoms with E-state index in [1.165, 1.54) is 0 Å². The van der Waals surface area contributed by atoms with Crippen LogP contribution in [0.3, 0.4) is 0 Å². The second kappa shape index (κ2) is 7.11. The lowest BCUT2D eigenvalue weighted by Gasteiger charge is -2.36. The molecule has 0 spiro atoms. The van der Waals surface area contributed by atoms with E-state index < -0.39 is 0 Å². The van der Waals surface area contributed by atoms with Gasteiger partial charge in [-0.05, 0) is 6.42 Å². The summed E-state index contributed by atoms with van der Waals surface area (Å²) >= 11 is 0. The van der Waals surface area contributed by atoms with Crippen LogP contribution in [0.5, 0.6) is 0 Å². The van der Waals surface area contributed by atoms with E-state index in [-0.39, 0.29) is 24.8 Å². The Morgan fingerprint density at radius 1 is 1.38 bits per heavy atom. The third-order valence-electron chi connectivity index (χ3n) is 3.68. The van der Waals surface area contributed by atoms with Crippen LogP contribution in [-0.4, -0.2) is 45.4 Å². The summed E-state index contributed by atoms with van der Waals surface area (Å²) in [6.07, 6.45) is 2.89. The van der Waals surface area contributed by atoms with Crippen molar-refractivity contribution in [2.24, 2.45) is 7.05 Å². The summed E-state index contributed by atoms with van der Waals surface area (Å²) in [5, 5.41) is 8.65. The third-order valence-corrected chi connectivity index (χ3v) is 3.68. The molecular weight excluding hydrogens is 313 g/mol. The molecule has 3 N–H and O–H groups in total. The first-order valence-electron chi connectivity index (χ1n) is 6.63. The molecule has 2 aromatic rings. The quantitative estimate of drug-likeness (QED) is 0.852. The first kappa shape index (κ1) is 17.7. The van der Waals surface area contributed by atoms with Gasteiger partial charge in [0.2, 0.25) is 5.95 Å². The fourth-order valence-corrected chi connectivity index (χ4v) is 2.65. The molecule has 0 aliphatic carbocycles. The summed E-state index contributed by atoms with van der Waals surface area (Å²) < 4.78 is 1.74. The van der Waals surface area contributed by atoms with Gasteiger partial charge in [0.25, 0.3) is 0 Å². The lowest BCUT2D eigenvalue weighted by molar-refractivity contribution is 0.464. The van der Waals surface area contributed by atoms with E-state index >= 15 is 0 Å². The van der Waals surface area contributed by atoms with Gasteiger partial charge in [-0.2, -0.15) is 15.1 Å². The van der Waals surface area contributed by atoms with Gasteiger partial charge in [0.05, 0.1) is 11.6 Å². The van der Waals surface area contributed by atoms with E-state index in [4.69, 9.17) is 5.73 Å². The number of nitrogens with two attached hydrogens (primary N) is 1. The van der Waals surface area contributed by atoms with Gasteiger partial charge >= 0.3 is 0 Å². The first-order chi connectivity index (χ1) is 9.20. The molecule has 0 unspecified atom stereocenters. The number of fused-ring (bicyclic) bond motifs is 1. The van der Waals surface area contributed by atoms with Crippen molar-refractivity contribution >= 4 is 47.6 Å². The maximum absolute atomic E-state index is 5.84. The van der Waals surface area contributed by atoms with Crippen LogP contribution in [0.4, 0.5) is 11.8 Å². The zero-order chi connectivity index (χ0) is 13.4. The van der Waals surface area contributed by atoms with E-state index in [1.807, 2.05) is 13.2 Å². The van der Waals surface area contributed by atoms with E-state index in [1.54, 1.807) is 4.68 Å². The highest BCUT2D eigenvalue weighted by Crippen LogP contribution is 2.26. The maximum Gasteiger partial charge on any atom is 0.224 e. The molecule has 3 rings (SSSR count). The molecule has 21 heavy (non-hydrogen) atoms. The molecule has 0 bridgehead atoms. The van der Waals surface area contributed by atoms with Crippen LogP contribution in [0, 0.1) is 0 Å². The second-order valence-electron chi connectivity index (χ2n) is 4.87. The monoisotopic (exact) mass is 333 g/mol. The number of hydrogen-bond donors (Lipinski definition) is 2. The van der Waals surface area contributed by atoms with Gasteiger partial charge in [-0.15, -0.1) is 24.8 Å². The predicted molar refractivity (Wildman–Crippen MR) is 89.5 cm³/mol. The summed E-state index contributed by atoms with van der Waals surface area (Å²) in [7, 11) is 1.87. The van der Waals surface area contributed by atoms with Gasteiger partial charge in [0.1, 0.15) is 5.82 Å². The normalized spacial score (nSPS) is 18.2. The Morgan fingerprint density at radius 2 is 2.14 bits per heavy atom. The number of hydrogen-bond acceptors (Lipinski definition) is 6. The van der Waals surface area contributed by atoms with Crippen molar-refractivity contribution in [3.8, 4) is 0 Å². The Labute approximate surface area is 136 Å². The highest BCUT2D eigenvalue weighted by atomic mass is 35.5. The number of nitrogen functional groups attached to an aromatic ring is 1. The van der Waals surface area contributed by atoms with Crippen LogP contribution in [0.15, 0.2) is 6.20 Å². The fraction of sp³-hybridized carbons (Fsp3) is 0.583. The smallest absolute Gasteiger partial charge is 0.224 e. The Balaban J connectivity index is 0.00000110. The molecule has 2 aromatic heterocycles. The molecule has 3 heterocycles. The molecule has 0 radical (unpaired) electrons. The van der Waals surface area contributed by atoms with E-state index in [0.717, 1.165) is 42.9 Å². The molecule has 1 fully saturated rings. The molecule has 1 aliphatic rings. The predicted octanol–water partition coefficient (Wildman–Crippen LogP) is 0.977. The molecule has 1 aliphatic heterocycles. The Bertz CT molecular complexity index is 601. The standard InChI is InChI=1S/C12H19N7.2ClH/c1-3-8-6-14-4-5-19(8)11-9-7-15-18(2)10(9)16-12(13)17-11;;/h7-8,14H,3-6H2,1-2H3,(H2,13,16,17);2*1H/t8-;;/m0../s1. The summed E-state index contributed by atoms with van der Waals surface area (Å²) in [4.78, 5) is 11.0. The number of rotatable bonds is 2. The summed E-state index contributed by atoms with van der Waals surface area (Å²) in [6, 6.07) is 0.437. The van der Waals surface area contributed by atoms with Gasteiger partial charge in [-0.25, -0.2) is 0 Å². The van der Waals surface area contributed by atoms with Gasteiger partial charge in [-0.3, -0.25) is 4.68 Å². The van der Waals surface area contributed by atoms with Crippen molar-refractivity contribution < 1.29 is 0 Å². The first-order valence-corrected chi connectivity index (χ1v) is 6.63. The van der Waals surface area contributed by atoms with Crippen molar-refractivity contribution in [2.45, 2.75) is 19.4 Å². The molecule has 1 atom stereocenters. The van der Waals surface area contributed by atoms with Crippen LogP contribution in [0.25, 0.3) is 11.0 Å². The van der Waals surface area contributed by atoms with Gasteiger partial charge in [-0.1, -0.05) is 6.92 Å². The van der Waals surface area contributed by atoms with Crippen LogP contribution >= 0.6 is 24.8 Å². The van der Waals surface area contributed by atoms with Crippen LogP contribution < -0.4 is 16.0 Å². The number of aryl methyl sites for hydroxylation is 1. The molecule has 1 saturated heterocycles. The number of anilines is 2. The number of piperazine rings is 1. The largest absolute Gasteiger partial charge is 0.368 e. The minimum absolute atomic E-state index is 0. The fourth-order valence-electron chi connectivity index (χ4n) is 2.65. The third kappa shape index (κ3) is 3.14.